The molecular weight excluding hydrogens is 346 g/mol. The van der Waals surface area contributed by atoms with Crippen molar-refractivity contribution < 1.29 is 9.32 Å². The van der Waals surface area contributed by atoms with Crippen LogP contribution in [0.15, 0.2) is 28.8 Å². The van der Waals surface area contributed by atoms with Crippen LogP contribution in [0.25, 0.3) is 0 Å². The van der Waals surface area contributed by atoms with Gasteiger partial charge in [-0.15, -0.1) is 0 Å². The summed E-state index contributed by atoms with van der Waals surface area (Å²) in [7, 11) is 0. The van der Waals surface area contributed by atoms with Gasteiger partial charge in [-0.25, -0.2) is 0 Å². The van der Waals surface area contributed by atoms with Gasteiger partial charge in [0, 0.05) is 24.5 Å². The summed E-state index contributed by atoms with van der Waals surface area (Å²) in [5.74, 6) is 2.46. The second kappa shape index (κ2) is 8.03. The number of hydrogen-bond acceptors (Lipinski definition) is 5. The van der Waals surface area contributed by atoms with E-state index in [0.717, 1.165) is 29.4 Å². The summed E-state index contributed by atoms with van der Waals surface area (Å²) in [5.41, 5.74) is 1.18. The van der Waals surface area contributed by atoms with E-state index < -0.39 is 0 Å². The van der Waals surface area contributed by atoms with Gasteiger partial charge in [0.25, 0.3) is 0 Å². The normalized spacial score (nSPS) is 18.2. The molecule has 1 aliphatic rings. The lowest BCUT2D eigenvalue weighted by molar-refractivity contribution is -0.133. The molecule has 24 heavy (non-hydrogen) atoms. The largest absolute Gasteiger partial charge is 0.342 e. The molecule has 1 fully saturated rings. The number of nitrogens with zero attached hydrogens (tertiary/aromatic N) is 3. The van der Waals surface area contributed by atoms with Gasteiger partial charge in [-0.05, 0) is 36.8 Å². The van der Waals surface area contributed by atoms with Crippen molar-refractivity contribution in [3.63, 3.8) is 0 Å². The van der Waals surface area contributed by atoms with Gasteiger partial charge in [0.05, 0.1) is 11.7 Å². The van der Waals surface area contributed by atoms with E-state index >= 15 is 0 Å². The molecule has 1 amide bonds. The molecular formula is C17H20ClN3O2S. The van der Waals surface area contributed by atoms with Crippen molar-refractivity contribution >= 4 is 29.3 Å². The molecule has 0 saturated carbocycles. The van der Waals surface area contributed by atoms with E-state index in [1.165, 1.54) is 5.56 Å². The first-order chi connectivity index (χ1) is 11.7. The lowest BCUT2D eigenvalue weighted by Gasteiger charge is -2.31. The second-order valence-electron chi connectivity index (χ2n) is 5.93. The molecule has 0 aliphatic carbocycles. The van der Waals surface area contributed by atoms with E-state index in [1.807, 2.05) is 35.4 Å². The zero-order chi connectivity index (χ0) is 16.9. The first-order valence-corrected chi connectivity index (χ1v) is 9.76. The van der Waals surface area contributed by atoms with Crippen LogP contribution >= 0.6 is 23.4 Å². The Morgan fingerprint density at radius 2 is 2.17 bits per heavy atom. The Hall–Kier alpha value is -1.53. The molecule has 128 valence electrons. The lowest BCUT2D eigenvalue weighted by Crippen LogP contribution is -2.40. The molecule has 0 bridgehead atoms. The Kier molecular flexibility index (Phi) is 5.79. The molecule has 0 radical (unpaired) electrons. The minimum absolute atomic E-state index is 0.135. The summed E-state index contributed by atoms with van der Waals surface area (Å²) in [5, 5.41) is 4.73. The molecule has 3 rings (SSSR count). The number of benzene rings is 1. The third kappa shape index (κ3) is 4.30. The van der Waals surface area contributed by atoms with Crippen LogP contribution in [0.4, 0.5) is 0 Å². The molecule has 0 spiro atoms. The van der Waals surface area contributed by atoms with Gasteiger partial charge in [-0.1, -0.05) is 28.9 Å². The van der Waals surface area contributed by atoms with Crippen molar-refractivity contribution in [1.82, 2.24) is 15.0 Å². The Balaban J connectivity index is 1.60. The Morgan fingerprint density at radius 3 is 2.92 bits per heavy atom. The summed E-state index contributed by atoms with van der Waals surface area (Å²) in [6.07, 6.45) is 4.13. The highest BCUT2D eigenvalue weighted by atomic mass is 35.5. The summed E-state index contributed by atoms with van der Waals surface area (Å²) in [6.45, 7) is 1.34. The van der Waals surface area contributed by atoms with Crippen molar-refractivity contribution in [1.29, 1.82) is 0 Å². The summed E-state index contributed by atoms with van der Waals surface area (Å²) in [4.78, 5) is 18.6. The van der Waals surface area contributed by atoms with E-state index in [0.29, 0.717) is 25.4 Å². The number of likely N-dealkylation sites (tertiary alicyclic amines) is 1. The quantitative estimate of drug-likeness (QED) is 0.783. The van der Waals surface area contributed by atoms with Gasteiger partial charge < -0.3 is 9.42 Å². The number of aromatic nitrogens is 2. The van der Waals surface area contributed by atoms with Gasteiger partial charge >= 0.3 is 0 Å². The maximum atomic E-state index is 12.2. The second-order valence-corrected chi connectivity index (χ2v) is 7.24. The molecule has 2 heterocycles. The van der Waals surface area contributed by atoms with Crippen LogP contribution in [0.2, 0.25) is 5.02 Å². The minimum atomic E-state index is 0.135. The van der Waals surface area contributed by atoms with Crippen molar-refractivity contribution in [2.75, 3.05) is 19.3 Å². The smallest absolute Gasteiger partial charge is 0.231 e. The SMILES string of the molecule is CSCc1noc([C@@H]2CCC(=O)N(CCc3ccc(Cl)cc3)C2)n1. The van der Waals surface area contributed by atoms with Gasteiger partial charge in [-0.3, -0.25) is 4.79 Å². The first-order valence-electron chi connectivity index (χ1n) is 7.99. The van der Waals surface area contributed by atoms with E-state index in [4.69, 9.17) is 16.1 Å². The molecule has 1 aliphatic heterocycles. The van der Waals surface area contributed by atoms with Crippen LogP contribution < -0.4 is 0 Å². The van der Waals surface area contributed by atoms with Crippen molar-refractivity contribution in [3.8, 4) is 0 Å². The van der Waals surface area contributed by atoms with E-state index in [1.54, 1.807) is 11.8 Å². The fourth-order valence-corrected chi connectivity index (χ4v) is 3.37. The number of halogens is 1. The van der Waals surface area contributed by atoms with Crippen molar-refractivity contribution in [2.24, 2.45) is 0 Å². The minimum Gasteiger partial charge on any atom is -0.342 e. The predicted octanol–water partition coefficient (Wildman–Crippen LogP) is 3.53. The first kappa shape index (κ1) is 17.3. The number of piperidine rings is 1. The van der Waals surface area contributed by atoms with Crippen LogP contribution in [0.5, 0.6) is 0 Å². The number of hydrogen-bond donors (Lipinski definition) is 0. The van der Waals surface area contributed by atoms with Crippen molar-refractivity contribution in [2.45, 2.75) is 30.9 Å². The number of thioether (sulfide) groups is 1. The molecule has 1 aromatic carbocycles. The standard InChI is InChI=1S/C17H20ClN3O2S/c1-24-11-15-19-17(23-20-15)13-4-7-16(22)21(10-13)9-8-12-2-5-14(18)6-3-12/h2-3,5-6,13H,4,7-11H2,1H3/t13-/m1/s1. The molecule has 7 heteroatoms. The molecule has 5 nitrogen and oxygen atoms in total. The zero-order valence-corrected chi connectivity index (χ0v) is 15.1. The summed E-state index contributed by atoms with van der Waals surface area (Å²) < 4.78 is 5.39. The van der Waals surface area contributed by atoms with E-state index in [-0.39, 0.29) is 11.8 Å². The molecule has 0 N–H and O–H groups in total. The van der Waals surface area contributed by atoms with Gasteiger partial charge in [-0.2, -0.15) is 16.7 Å². The Labute approximate surface area is 150 Å². The zero-order valence-electron chi connectivity index (χ0n) is 13.6. The third-order valence-corrected chi connectivity index (χ3v) is 4.99. The highest BCUT2D eigenvalue weighted by Crippen LogP contribution is 2.27. The molecule has 1 saturated heterocycles. The van der Waals surface area contributed by atoms with Crippen LogP contribution in [0.3, 0.4) is 0 Å². The Morgan fingerprint density at radius 1 is 1.38 bits per heavy atom. The maximum absolute atomic E-state index is 12.2. The highest BCUT2D eigenvalue weighted by Gasteiger charge is 2.30. The average molecular weight is 366 g/mol. The van der Waals surface area contributed by atoms with Crippen LogP contribution in [0, 0.1) is 0 Å². The summed E-state index contributed by atoms with van der Waals surface area (Å²) >= 11 is 7.57. The average Bonchev–Trinajstić information content (AvgIpc) is 3.05. The fraction of sp³-hybridized carbons (Fsp3) is 0.471. The molecule has 1 atom stereocenters. The third-order valence-electron chi connectivity index (χ3n) is 4.19. The van der Waals surface area contributed by atoms with Crippen LogP contribution in [-0.4, -0.2) is 40.3 Å². The molecule has 0 unspecified atom stereocenters. The van der Waals surface area contributed by atoms with Gasteiger partial charge in [0.15, 0.2) is 5.82 Å². The highest BCUT2D eigenvalue weighted by molar-refractivity contribution is 7.97. The van der Waals surface area contributed by atoms with E-state index in [9.17, 15) is 4.79 Å². The maximum Gasteiger partial charge on any atom is 0.231 e. The number of amides is 1. The molecule has 2 aromatic rings. The number of carbonyl (C=O) groups is 1. The fourth-order valence-electron chi connectivity index (χ4n) is 2.87. The van der Waals surface area contributed by atoms with Gasteiger partial charge in [0.2, 0.25) is 11.8 Å². The topological polar surface area (TPSA) is 59.2 Å². The monoisotopic (exact) mass is 365 g/mol. The summed E-state index contributed by atoms with van der Waals surface area (Å²) in [6, 6.07) is 7.76. The van der Waals surface area contributed by atoms with E-state index in [2.05, 4.69) is 10.1 Å². The van der Waals surface area contributed by atoms with Crippen molar-refractivity contribution in [3.05, 3.63) is 46.6 Å². The number of carbonyl (C=O) groups excluding carboxylic acids is 1. The van der Waals surface area contributed by atoms with Gasteiger partial charge in [0.1, 0.15) is 0 Å². The number of rotatable bonds is 6. The Bertz CT molecular complexity index is 689. The predicted molar refractivity (Wildman–Crippen MR) is 95.2 cm³/mol. The molecule has 1 aromatic heterocycles. The van der Waals surface area contributed by atoms with Crippen LogP contribution in [-0.2, 0) is 17.0 Å². The lowest BCUT2D eigenvalue weighted by atomic mass is 9.97. The van der Waals surface area contributed by atoms with Crippen LogP contribution in [0.1, 0.15) is 36.0 Å².